The fourth-order valence-electron chi connectivity index (χ4n) is 1.99. The van der Waals surface area contributed by atoms with Crippen molar-refractivity contribution in [3.8, 4) is 0 Å². The van der Waals surface area contributed by atoms with Crippen molar-refractivity contribution in [1.29, 1.82) is 0 Å². The first-order valence-electron chi connectivity index (χ1n) is 4.95. The SMILES string of the molecule is CC1=CC2CC=CC(C(C)C)=C2O1. The van der Waals surface area contributed by atoms with Gasteiger partial charge in [0.15, 0.2) is 0 Å². The maximum Gasteiger partial charge on any atom is 0.114 e. The molecular weight excluding hydrogens is 160 g/mol. The molecule has 1 unspecified atom stereocenters. The highest BCUT2D eigenvalue weighted by molar-refractivity contribution is 5.35. The monoisotopic (exact) mass is 176 g/mol. The van der Waals surface area contributed by atoms with Crippen LogP contribution in [0.2, 0.25) is 0 Å². The number of hydrogen-bond donors (Lipinski definition) is 0. The van der Waals surface area contributed by atoms with E-state index < -0.39 is 0 Å². The predicted octanol–water partition coefficient (Wildman–Crippen LogP) is 3.41. The summed E-state index contributed by atoms with van der Waals surface area (Å²) in [6.45, 7) is 6.46. The summed E-state index contributed by atoms with van der Waals surface area (Å²) in [5.74, 6) is 3.33. The van der Waals surface area contributed by atoms with E-state index >= 15 is 0 Å². The van der Waals surface area contributed by atoms with Gasteiger partial charge in [0.25, 0.3) is 0 Å². The third kappa shape index (κ3) is 1.43. The molecule has 0 amide bonds. The van der Waals surface area contributed by atoms with Crippen LogP contribution in [-0.2, 0) is 4.74 Å². The quantitative estimate of drug-likeness (QED) is 0.595. The second kappa shape index (κ2) is 3.06. The Kier molecular flexibility index (Phi) is 2.03. The molecule has 1 aliphatic heterocycles. The zero-order chi connectivity index (χ0) is 9.42. The predicted molar refractivity (Wildman–Crippen MR) is 54.0 cm³/mol. The molecule has 0 bridgehead atoms. The standard InChI is InChI=1S/C12H16O/c1-8(2)11-6-4-5-10-7-9(3)13-12(10)11/h4,6-8,10H,5H2,1-3H3. The van der Waals surface area contributed by atoms with Gasteiger partial charge in [-0.25, -0.2) is 0 Å². The first-order valence-corrected chi connectivity index (χ1v) is 4.95. The Morgan fingerprint density at radius 3 is 2.92 bits per heavy atom. The minimum atomic E-state index is 0.516. The highest BCUT2D eigenvalue weighted by Crippen LogP contribution is 2.37. The van der Waals surface area contributed by atoms with E-state index in [9.17, 15) is 0 Å². The Morgan fingerprint density at radius 2 is 2.23 bits per heavy atom. The van der Waals surface area contributed by atoms with E-state index in [1.165, 1.54) is 11.3 Å². The summed E-state index contributed by atoms with van der Waals surface area (Å²) in [4.78, 5) is 0. The maximum absolute atomic E-state index is 5.73. The highest BCUT2D eigenvalue weighted by atomic mass is 16.5. The lowest BCUT2D eigenvalue weighted by atomic mass is 9.89. The molecule has 0 saturated carbocycles. The molecule has 1 heterocycles. The van der Waals surface area contributed by atoms with E-state index in [2.05, 4.69) is 32.1 Å². The Morgan fingerprint density at radius 1 is 1.46 bits per heavy atom. The van der Waals surface area contributed by atoms with Crippen LogP contribution in [0.15, 0.2) is 35.3 Å². The molecule has 1 nitrogen and oxygen atoms in total. The molecular formula is C12H16O. The number of fused-ring (bicyclic) bond motifs is 1. The second-order valence-corrected chi connectivity index (χ2v) is 4.10. The molecule has 13 heavy (non-hydrogen) atoms. The molecule has 0 aromatic rings. The largest absolute Gasteiger partial charge is 0.466 e. The Bertz CT molecular complexity index is 305. The van der Waals surface area contributed by atoms with Gasteiger partial charge < -0.3 is 4.74 Å². The fraction of sp³-hybridized carbons (Fsp3) is 0.500. The molecule has 1 heteroatoms. The molecule has 1 atom stereocenters. The first kappa shape index (κ1) is 8.61. The number of ether oxygens (including phenoxy) is 1. The zero-order valence-electron chi connectivity index (χ0n) is 8.50. The third-order valence-corrected chi connectivity index (χ3v) is 2.64. The average Bonchev–Trinajstić information content (AvgIpc) is 2.43. The van der Waals surface area contributed by atoms with Gasteiger partial charge in [-0.3, -0.25) is 0 Å². The van der Waals surface area contributed by atoms with Gasteiger partial charge in [-0.2, -0.15) is 0 Å². The minimum absolute atomic E-state index is 0.516. The topological polar surface area (TPSA) is 9.23 Å². The Balaban J connectivity index is 2.35. The lowest BCUT2D eigenvalue weighted by molar-refractivity contribution is 0.296. The molecule has 0 aromatic heterocycles. The minimum Gasteiger partial charge on any atom is -0.466 e. The summed E-state index contributed by atoms with van der Waals surface area (Å²) in [7, 11) is 0. The number of hydrogen-bond acceptors (Lipinski definition) is 1. The lowest BCUT2D eigenvalue weighted by Crippen LogP contribution is -2.07. The lowest BCUT2D eigenvalue weighted by Gasteiger charge is -2.19. The second-order valence-electron chi connectivity index (χ2n) is 4.10. The van der Waals surface area contributed by atoms with Gasteiger partial charge in [0.05, 0.1) is 5.76 Å². The number of rotatable bonds is 1. The van der Waals surface area contributed by atoms with Crippen molar-refractivity contribution in [3.63, 3.8) is 0 Å². The molecule has 0 N–H and O–H groups in total. The smallest absolute Gasteiger partial charge is 0.114 e. The number of allylic oxidation sites excluding steroid dienone is 5. The van der Waals surface area contributed by atoms with Gasteiger partial charge in [0, 0.05) is 5.92 Å². The molecule has 0 fully saturated rings. The molecule has 1 aliphatic carbocycles. The maximum atomic E-state index is 5.73. The van der Waals surface area contributed by atoms with Gasteiger partial charge in [-0.15, -0.1) is 0 Å². The van der Waals surface area contributed by atoms with Crippen molar-refractivity contribution in [1.82, 2.24) is 0 Å². The van der Waals surface area contributed by atoms with E-state index in [1.54, 1.807) is 0 Å². The summed E-state index contributed by atoms with van der Waals surface area (Å²) < 4.78 is 5.73. The molecule has 0 spiro atoms. The highest BCUT2D eigenvalue weighted by Gasteiger charge is 2.26. The molecule has 2 aliphatic rings. The van der Waals surface area contributed by atoms with Gasteiger partial charge in [0.2, 0.25) is 0 Å². The van der Waals surface area contributed by atoms with Crippen LogP contribution in [0.4, 0.5) is 0 Å². The van der Waals surface area contributed by atoms with E-state index in [0.29, 0.717) is 11.8 Å². The van der Waals surface area contributed by atoms with E-state index in [1.807, 2.05) is 6.92 Å². The van der Waals surface area contributed by atoms with Gasteiger partial charge in [-0.1, -0.05) is 26.0 Å². The summed E-state index contributed by atoms with van der Waals surface area (Å²) in [6.07, 6.45) is 7.79. The van der Waals surface area contributed by atoms with Crippen LogP contribution in [0, 0.1) is 11.8 Å². The van der Waals surface area contributed by atoms with Crippen LogP contribution in [-0.4, -0.2) is 0 Å². The van der Waals surface area contributed by atoms with Crippen LogP contribution in [0.3, 0.4) is 0 Å². The summed E-state index contributed by atoms with van der Waals surface area (Å²) in [5.41, 5.74) is 1.37. The molecule has 0 aromatic carbocycles. The van der Waals surface area contributed by atoms with Crippen molar-refractivity contribution < 1.29 is 4.74 Å². The summed E-state index contributed by atoms with van der Waals surface area (Å²) >= 11 is 0. The Labute approximate surface area is 79.8 Å². The molecule has 0 saturated heterocycles. The Hall–Kier alpha value is -0.980. The van der Waals surface area contributed by atoms with Crippen LogP contribution in [0.5, 0.6) is 0 Å². The first-order chi connectivity index (χ1) is 6.18. The van der Waals surface area contributed by atoms with Crippen LogP contribution >= 0.6 is 0 Å². The summed E-state index contributed by atoms with van der Waals surface area (Å²) in [6, 6.07) is 0. The summed E-state index contributed by atoms with van der Waals surface area (Å²) in [5, 5.41) is 0. The van der Waals surface area contributed by atoms with Gasteiger partial charge in [-0.05, 0) is 30.9 Å². The average molecular weight is 176 g/mol. The van der Waals surface area contributed by atoms with Crippen molar-refractivity contribution >= 4 is 0 Å². The van der Waals surface area contributed by atoms with Crippen molar-refractivity contribution in [3.05, 3.63) is 35.3 Å². The van der Waals surface area contributed by atoms with E-state index in [4.69, 9.17) is 4.74 Å². The van der Waals surface area contributed by atoms with E-state index in [-0.39, 0.29) is 0 Å². The van der Waals surface area contributed by atoms with Crippen molar-refractivity contribution in [2.75, 3.05) is 0 Å². The van der Waals surface area contributed by atoms with Crippen molar-refractivity contribution in [2.24, 2.45) is 11.8 Å². The van der Waals surface area contributed by atoms with Gasteiger partial charge in [0.1, 0.15) is 5.76 Å². The van der Waals surface area contributed by atoms with Gasteiger partial charge >= 0.3 is 0 Å². The van der Waals surface area contributed by atoms with Crippen LogP contribution in [0.1, 0.15) is 27.2 Å². The van der Waals surface area contributed by atoms with E-state index in [0.717, 1.165) is 12.2 Å². The zero-order valence-corrected chi connectivity index (χ0v) is 8.50. The molecule has 2 rings (SSSR count). The third-order valence-electron chi connectivity index (χ3n) is 2.64. The fourth-order valence-corrected chi connectivity index (χ4v) is 1.99. The van der Waals surface area contributed by atoms with Crippen molar-refractivity contribution in [2.45, 2.75) is 27.2 Å². The normalized spacial score (nSPS) is 26.2. The molecule has 0 radical (unpaired) electrons. The molecule has 70 valence electrons. The van der Waals surface area contributed by atoms with Crippen LogP contribution in [0.25, 0.3) is 0 Å². The van der Waals surface area contributed by atoms with Crippen LogP contribution < -0.4 is 0 Å².